The van der Waals surface area contributed by atoms with E-state index in [4.69, 9.17) is 16.0 Å². The second kappa shape index (κ2) is 7.18. The number of halogens is 2. The number of sulfone groups is 1. The molecule has 0 aliphatic carbocycles. The molecule has 1 amide bonds. The summed E-state index contributed by atoms with van der Waals surface area (Å²) in [4.78, 5) is 12.5. The Balaban J connectivity index is 1.80. The van der Waals surface area contributed by atoms with Crippen LogP contribution in [0.4, 0.5) is 6.01 Å². The number of anilines is 1. The van der Waals surface area contributed by atoms with Crippen LogP contribution in [0.3, 0.4) is 0 Å². The van der Waals surface area contributed by atoms with Gasteiger partial charge in [0.25, 0.3) is 5.91 Å². The van der Waals surface area contributed by atoms with E-state index >= 15 is 0 Å². The van der Waals surface area contributed by atoms with Crippen molar-refractivity contribution in [1.82, 2.24) is 10.2 Å². The largest absolute Gasteiger partial charge is 0.403 e. The maximum absolute atomic E-state index is 12.3. The number of nitrogens with one attached hydrogen (secondary N) is 1. The van der Waals surface area contributed by atoms with E-state index in [9.17, 15) is 13.2 Å². The summed E-state index contributed by atoms with van der Waals surface area (Å²) < 4.78 is 29.1. The molecule has 1 heterocycles. The Morgan fingerprint density at radius 3 is 2.50 bits per heavy atom. The third-order valence-corrected chi connectivity index (χ3v) is 5.30. The summed E-state index contributed by atoms with van der Waals surface area (Å²) in [5, 5.41) is 10.4. The van der Waals surface area contributed by atoms with E-state index in [0.717, 1.165) is 6.26 Å². The molecule has 0 atom stereocenters. The van der Waals surface area contributed by atoms with Crippen molar-refractivity contribution in [3.8, 4) is 11.5 Å². The zero-order chi connectivity index (χ0) is 18.9. The number of amides is 1. The molecule has 0 aliphatic heterocycles. The van der Waals surface area contributed by atoms with Crippen LogP contribution < -0.4 is 5.32 Å². The molecule has 0 aliphatic rings. The average Bonchev–Trinajstić information content (AvgIpc) is 3.05. The molecule has 0 spiro atoms. The maximum atomic E-state index is 12.3. The molecule has 7 nitrogen and oxygen atoms in total. The first kappa shape index (κ1) is 18.6. The lowest BCUT2D eigenvalue weighted by atomic mass is 10.2. The van der Waals surface area contributed by atoms with Gasteiger partial charge in [-0.15, -0.1) is 5.10 Å². The summed E-state index contributed by atoms with van der Waals surface area (Å²) in [7, 11) is -3.29. The quantitative estimate of drug-likeness (QED) is 0.640. The summed E-state index contributed by atoms with van der Waals surface area (Å²) in [5.74, 6) is -0.361. The second-order valence-electron chi connectivity index (χ2n) is 5.29. The fourth-order valence-corrected chi connectivity index (χ4v) is 3.27. The van der Waals surface area contributed by atoms with Crippen molar-refractivity contribution in [1.29, 1.82) is 0 Å². The zero-order valence-corrected chi connectivity index (χ0v) is 16.4. The third-order valence-electron chi connectivity index (χ3n) is 3.35. The van der Waals surface area contributed by atoms with E-state index in [1.807, 2.05) is 0 Å². The Bertz CT molecular complexity index is 1080. The number of nitrogens with zero attached hydrogens (tertiary/aromatic N) is 2. The Morgan fingerprint density at radius 1 is 1.15 bits per heavy atom. The smallest absolute Gasteiger partial charge is 0.322 e. The molecule has 3 aromatic rings. The maximum Gasteiger partial charge on any atom is 0.322 e. The molecule has 134 valence electrons. The van der Waals surface area contributed by atoms with Crippen molar-refractivity contribution in [3.63, 3.8) is 0 Å². The van der Waals surface area contributed by atoms with Gasteiger partial charge in [-0.2, -0.15) is 0 Å². The number of rotatable bonds is 4. The van der Waals surface area contributed by atoms with E-state index in [1.54, 1.807) is 30.3 Å². The molecule has 0 unspecified atom stereocenters. The number of carbonyl (C=O) groups is 1. The van der Waals surface area contributed by atoms with Crippen LogP contribution in [0.5, 0.6) is 0 Å². The molecule has 0 saturated heterocycles. The first-order chi connectivity index (χ1) is 12.2. The van der Waals surface area contributed by atoms with Gasteiger partial charge < -0.3 is 4.42 Å². The van der Waals surface area contributed by atoms with Gasteiger partial charge in [0.05, 0.1) is 15.5 Å². The van der Waals surface area contributed by atoms with Gasteiger partial charge in [0, 0.05) is 16.3 Å². The van der Waals surface area contributed by atoms with Gasteiger partial charge in [-0.3, -0.25) is 10.1 Å². The normalized spacial score (nSPS) is 11.3. The monoisotopic (exact) mass is 455 g/mol. The number of hydrogen-bond acceptors (Lipinski definition) is 6. The summed E-state index contributed by atoms with van der Waals surface area (Å²) in [6.07, 6.45) is 1.12. The molecule has 0 fully saturated rings. The number of hydrogen-bond donors (Lipinski definition) is 1. The van der Waals surface area contributed by atoms with E-state index in [-0.39, 0.29) is 27.4 Å². The highest BCUT2D eigenvalue weighted by molar-refractivity contribution is 9.10. The number of benzene rings is 2. The average molecular weight is 457 g/mol. The van der Waals surface area contributed by atoms with Crippen molar-refractivity contribution in [2.45, 2.75) is 4.90 Å². The fourth-order valence-electron chi connectivity index (χ4n) is 2.07. The summed E-state index contributed by atoms with van der Waals surface area (Å²) in [5.41, 5.74) is 0.768. The number of aromatic nitrogens is 2. The van der Waals surface area contributed by atoms with Gasteiger partial charge in [0.2, 0.25) is 5.89 Å². The molecule has 2 aromatic carbocycles. The van der Waals surface area contributed by atoms with E-state index in [2.05, 4.69) is 31.4 Å². The minimum absolute atomic E-state index is 0.103. The molecule has 0 radical (unpaired) electrons. The first-order valence-corrected chi connectivity index (χ1v) is 10.2. The van der Waals surface area contributed by atoms with Crippen LogP contribution in [0.1, 0.15) is 10.4 Å². The highest BCUT2D eigenvalue weighted by Crippen LogP contribution is 2.24. The molecule has 10 heteroatoms. The lowest BCUT2D eigenvalue weighted by Gasteiger charge is -2.03. The van der Waals surface area contributed by atoms with Gasteiger partial charge in [-0.25, -0.2) is 8.42 Å². The van der Waals surface area contributed by atoms with Crippen LogP contribution in [0.2, 0.25) is 5.02 Å². The molecular formula is C16H11BrClN3O4S. The predicted molar refractivity (Wildman–Crippen MR) is 99.9 cm³/mol. The Labute approximate surface area is 162 Å². The topological polar surface area (TPSA) is 102 Å². The standard InChI is InChI=1S/C16H11BrClN3O4S/c1-26(23,24)11-5-2-9(3-6-11)15-20-21-16(25-15)19-14(22)12-8-10(17)4-7-13(12)18/h2-8H,1H3,(H,19,21,22). The van der Waals surface area contributed by atoms with Crippen LogP contribution in [-0.2, 0) is 9.84 Å². The molecule has 26 heavy (non-hydrogen) atoms. The van der Waals surface area contributed by atoms with Crippen LogP contribution in [0, 0.1) is 0 Å². The second-order valence-corrected chi connectivity index (χ2v) is 8.63. The van der Waals surface area contributed by atoms with Crippen LogP contribution in [0.25, 0.3) is 11.5 Å². The molecule has 1 aromatic heterocycles. The Morgan fingerprint density at radius 2 is 1.85 bits per heavy atom. The van der Waals surface area contributed by atoms with Crippen molar-refractivity contribution in [2.24, 2.45) is 0 Å². The molecular weight excluding hydrogens is 446 g/mol. The lowest BCUT2D eigenvalue weighted by Crippen LogP contribution is -2.12. The van der Waals surface area contributed by atoms with Gasteiger partial charge in [0.15, 0.2) is 9.84 Å². The highest BCUT2D eigenvalue weighted by atomic mass is 79.9. The lowest BCUT2D eigenvalue weighted by molar-refractivity contribution is 0.102. The fraction of sp³-hybridized carbons (Fsp3) is 0.0625. The summed E-state index contributed by atoms with van der Waals surface area (Å²) in [6, 6.07) is 10.7. The summed E-state index contributed by atoms with van der Waals surface area (Å²) >= 11 is 9.28. The van der Waals surface area contributed by atoms with Crippen LogP contribution in [0.15, 0.2) is 56.2 Å². The Hall–Kier alpha value is -2.23. The molecule has 0 saturated carbocycles. The van der Waals surface area contributed by atoms with Crippen LogP contribution >= 0.6 is 27.5 Å². The van der Waals surface area contributed by atoms with Crippen LogP contribution in [-0.4, -0.2) is 30.8 Å². The molecule has 1 N–H and O–H groups in total. The Kier molecular flexibility index (Phi) is 5.12. The predicted octanol–water partition coefficient (Wildman–Crippen LogP) is 3.81. The van der Waals surface area contributed by atoms with Crippen molar-refractivity contribution in [2.75, 3.05) is 11.6 Å². The van der Waals surface area contributed by atoms with Crippen molar-refractivity contribution < 1.29 is 17.6 Å². The molecule has 3 rings (SSSR count). The van der Waals surface area contributed by atoms with Gasteiger partial charge in [0.1, 0.15) is 0 Å². The summed E-state index contributed by atoms with van der Waals surface area (Å²) in [6.45, 7) is 0. The van der Waals surface area contributed by atoms with Gasteiger partial charge in [-0.1, -0.05) is 32.6 Å². The minimum Gasteiger partial charge on any atom is -0.403 e. The van der Waals surface area contributed by atoms with E-state index < -0.39 is 15.7 Å². The van der Waals surface area contributed by atoms with Crippen molar-refractivity contribution >= 4 is 49.3 Å². The highest BCUT2D eigenvalue weighted by Gasteiger charge is 2.16. The first-order valence-electron chi connectivity index (χ1n) is 7.14. The number of carbonyl (C=O) groups excluding carboxylic acids is 1. The van der Waals surface area contributed by atoms with Gasteiger partial charge in [-0.05, 0) is 42.5 Å². The van der Waals surface area contributed by atoms with Gasteiger partial charge >= 0.3 is 6.01 Å². The SMILES string of the molecule is CS(=O)(=O)c1ccc(-c2nnc(NC(=O)c3cc(Br)ccc3Cl)o2)cc1. The van der Waals surface area contributed by atoms with E-state index in [1.165, 1.54) is 12.1 Å². The minimum atomic E-state index is -3.29. The van der Waals surface area contributed by atoms with E-state index in [0.29, 0.717) is 10.0 Å². The zero-order valence-electron chi connectivity index (χ0n) is 13.2. The van der Waals surface area contributed by atoms with Crippen molar-refractivity contribution in [3.05, 3.63) is 57.5 Å². The molecule has 0 bridgehead atoms. The third kappa shape index (κ3) is 4.12.